The van der Waals surface area contributed by atoms with E-state index >= 15 is 0 Å². The van der Waals surface area contributed by atoms with Crippen LogP contribution in [0.1, 0.15) is 39.5 Å². The van der Waals surface area contributed by atoms with Crippen molar-refractivity contribution in [1.82, 2.24) is 0 Å². The van der Waals surface area contributed by atoms with E-state index in [1.165, 1.54) is 25.7 Å². The van der Waals surface area contributed by atoms with Gasteiger partial charge in [-0.2, -0.15) is 0 Å². The van der Waals surface area contributed by atoms with E-state index in [0.29, 0.717) is 0 Å². The molecule has 0 aliphatic heterocycles. The second kappa shape index (κ2) is 19.6. The van der Waals surface area contributed by atoms with Gasteiger partial charge in [-0.05, 0) is 44.0 Å². The maximum atomic E-state index is 3.35. The number of unbranched alkanes of at least 4 members (excludes halogenated alkanes) is 2. The zero-order valence-electron chi connectivity index (χ0n) is 11.6. The summed E-state index contributed by atoms with van der Waals surface area (Å²) in [5.41, 5.74) is 0. The molecular weight excluding hydrogens is 518 g/mol. The van der Waals surface area contributed by atoms with Gasteiger partial charge in [-0.1, -0.05) is 12.1 Å². The zero-order chi connectivity index (χ0) is 12.9. The van der Waals surface area contributed by atoms with Crippen LogP contribution in [0, 0.1) is 0 Å². The number of halogens is 4. The molecule has 0 fully saturated rings. The maximum Gasteiger partial charge on any atom is -0.147 e. The van der Waals surface area contributed by atoms with Crippen LogP contribution in [0.3, 0.4) is 0 Å². The number of rotatable bonds is 6. The van der Waals surface area contributed by atoms with E-state index in [-0.39, 0.29) is 46.0 Å². The molecule has 1 rings (SSSR count). The molecule has 0 bridgehead atoms. The second-order valence-corrected chi connectivity index (χ2v) is 9.86. The number of hydrogen-bond donors (Lipinski definition) is 0. The minimum Gasteiger partial charge on any atom is -0.147 e. The second-order valence-electron chi connectivity index (χ2n) is 3.87. The van der Waals surface area contributed by atoms with Crippen molar-refractivity contribution in [3.63, 3.8) is 0 Å². The van der Waals surface area contributed by atoms with Crippen molar-refractivity contribution < 1.29 is 0 Å². The van der Waals surface area contributed by atoms with Crippen molar-refractivity contribution in [3.05, 3.63) is 33.2 Å². The topological polar surface area (TPSA) is 0 Å². The van der Waals surface area contributed by atoms with Crippen LogP contribution < -0.4 is 0 Å². The molecule has 1 aromatic carbocycles. The molecule has 0 saturated carbocycles. The number of benzene rings is 1. The van der Waals surface area contributed by atoms with Crippen LogP contribution in [-0.2, 0) is 0 Å². The van der Waals surface area contributed by atoms with E-state index in [9.17, 15) is 0 Å². The van der Waals surface area contributed by atoms with Crippen molar-refractivity contribution in [2.24, 2.45) is 0 Å². The average molecular weight is 542 g/mol. The van der Waals surface area contributed by atoms with Gasteiger partial charge in [0.25, 0.3) is 0 Å². The molecule has 0 aliphatic rings. The number of hydrogen-bond acceptors (Lipinski definition) is 0. The van der Waals surface area contributed by atoms with Gasteiger partial charge in [0.05, 0.1) is 0 Å². The molecule has 0 atom stereocenters. The SMILES string of the molecule is Brc1ccccc1Br.CCC[CH2][Sn][CH2]CCC.Cl.Cl. The third-order valence-electron chi connectivity index (χ3n) is 2.24. The summed E-state index contributed by atoms with van der Waals surface area (Å²) in [6.07, 6.45) is 5.84. The predicted molar refractivity (Wildman–Crippen MR) is 102 cm³/mol. The van der Waals surface area contributed by atoms with Crippen molar-refractivity contribution in [1.29, 1.82) is 0 Å². The summed E-state index contributed by atoms with van der Waals surface area (Å²) < 4.78 is 5.44. The Labute approximate surface area is 158 Å². The van der Waals surface area contributed by atoms with Gasteiger partial charge in [-0.25, -0.2) is 0 Å². The molecule has 19 heavy (non-hydrogen) atoms. The van der Waals surface area contributed by atoms with Gasteiger partial charge in [-0.3, -0.25) is 0 Å². The minimum atomic E-state index is 0. The molecule has 0 nitrogen and oxygen atoms in total. The van der Waals surface area contributed by atoms with Gasteiger partial charge in [0.15, 0.2) is 0 Å². The Balaban J connectivity index is -0.000000244. The zero-order valence-corrected chi connectivity index (χ0v) is 19.3. The van der Waals surface area contributed by atoms with Gasteiger partial charge in [0, 0.05) is 8.95 Å². The molecule has 2 radical (unpaired) electrons. The molecule has 0 N–H and O–H groups in total. The molecule has 1 aromatic rings. The van der Waals surface area contributed by atoms with Crippen molar-refractivity contribution in [3.8, 4) is 0 Å². The average Bonchev–Trinajstić information content (AvgIpc) is 2.34. The Morgan fingerprint density at radius 3 is 1.47 bits per heavy atom. The van der Waals surface area contributed by atoms with E-state index in [0.717, 1.165) is 8.95 Å². The van der Waals surface area contributed by atoms with E-state index in [2.05, 4.69) is 45.7 Å². The Morgan fingerprint density at radius 2 is 1.21 bits per heavy atom. The molecular formula is C14H24Br2Cl2Sn. The van der Waals surface area contributed by atoms with Gasteiger partial charge in [-0.15, -0.1) is 24.8 Å². The summed E-state index contributed by atoms with van der Waals surface area (Å²) >= 11 is 6.85. The Morgan fingerprint density at radius 1 is 0.842 bits per heavy atom. The van der Waals surface area contributed by atoms with Crippen molar-refractivity contribution in [2.75, 3.05) is 0 Å². The summed E-state index contributed by atoms with van der Waals surface area (Å²) in [6.45, 7) is 4.58. The van der Waals surface area contributed by atoms with Crippen LogP contribution in [0.25, 0.3) is 0 Å². The molecule has 0 amide bonds. The molecule has 0 unspecified atom stereocenters. The first-order valence-electron chi connectivity index (χ1n) is 6.33. The molecule has 112 valence electrons. The molecule has 0 aromatic heterocycles. The summed E-state index contributed by atoms with van der Waals surface area (Å²) in [5, 5.41) is 0. The van der Waals surface area contributed by atoms with Crippen LogP contribution in [0.5, 0.6) is 0 Å². The summed E-state index contributed by atoms with van der Waals surface area (Å²) in [6, 6.07) is 7.94. The molecule has 0 spiro atoms. The van der Waals surface area contributed by atoms with Gasteiger partial charge >= 0.3 is 69.5 Å². The first-order valence-corrected chi connectivity index (χ1v) is 11.9. The van der Waals surface area contributed by atoms with Gasteiger partial charge in [0.2, 0.25) is 0 Å². The minimum absolute atomic E-state index is 0. The van der Waals surface area contributed by atoms with E-state index in [1.807, 2.05) is 24.3 Å². The molecule has 0 heterocycles. The molecule has 5 heteroatoms. The van der Waals surface area contributed by atoms with Crippen molar-refractivity contribution in [2.45, 2.75) is 48.4 Å². The Bertz CT molecular complexity index is 259. The fraction of sp³-hybridized carbons (Fsp3) is 0.571. The van der Waals surface area contributed by atoms with Crippen LogP contribution in [0.15, 0.2) is 33.2 Å². The molecule has 0 aliphatic carbocycles. The fourth-order valence-electron chi connectivity index (χ4n) is 1.17. The fourth-order valence-corrected chi connectivity index (χ4v) is 5.90. The largest absolute Gasteiger partial charge is 0.147 e. The first-order chi connectivity index (χ1) is 8.22. The summed E-state index contributed by atoms with van der Waals surface area (Å²) in [7, 11) is 0. The smallest absolute Gasteiger partial charge is 0.147 e. The van der Waals surface area contributed by atoms with Gasteiger partial charge in [0.1, 0.15) is 0 Å². The van der Waals surface area contributed by atoms with E-state index in [4.69, 9.17) is 0 Å². The molecule has 0 saturated heterocycles. The van der Waals surface area contributed by atoms with Crippen LogP contribution in [0.4, 0.5) is 0 Å². The Hall–Kier alpha value is 1.56. The normalized spacial score (nSPS) is 8.63. The van der Waals surface area contributed by atoms with Crippen LogP contribution in [-0.4, -0.2) is 21.1 Å². The first kappa shape index (κ1) is 25.5. The van der Waals surface area contributed by atoms with Crippen LogP contribution in [0.2, 0.25) is 8.87 Å². The third kappa shape index (κ3) is 17.5. The third-order valence-corrected chi connectivity index (χ3v) is 8.19. The predicted octanol–water partition coefficient (Wildman–Crippen LogP) is 7.18. The summed E-state index contributed by atoms with van der Waals surface area (Å²) in [4.78, 5) is 0. The quantitative estimate of drug-likeness (QED) is 0.264. The van der Waals surface area contributed by atoms with E-state index < -0.39 is 0 Å². The van der Waals surface area contributed by atoms with Gasteiger partial charge < -0.3 is 0 Å². The Kier molecular flexibility index (Phi) is 26.3. The maximum absolute atomic E-state index is 3.35. The summed E-state index contributed by atoms with van der Waals surface area (Å²) in [5.74, 6) is 0. The van der Waals surface area contributed by atoms with E-state index in [1.54, 1.807) is 8.87 Å². The van der Waals surface area contributed by atoms with Crippen molar-refractivity contribution >= 4 is 77.8 Å². The van der Waals surface area contributed by atoms with Crippen LogP contribution >= 0.6 is 56.7 Å². The monoisotopic (exact) mass is 540 g/mol. The standard InChI is InChI=1S/C6H4Br2.2C4H9.2ClH.Sn/c7-5-3-1-2-4-6(5)8;2*1-3-4-2;;;/h1-4H;2*1,3-4H2,2H3;2*1H;.